The lowest BCUT2D eigenvalue weighted by Gasteiger charge is -2.03. The zero-order valence-corrected chi connectivity index (χ0v) is 21.3. The number of imidazole rings is 2. The molecule has 0 aliphatic heterocycles. The third-order valence-corrected chi connectivity index (χ3v) is 6.86. The summed E-state index contributed by atoms with van der Waals surface area (Å²) in [6.07, 6.45) is 3.65. The molecule has 0 bridgehead atoms. The smallest absolute Gasteiger partial charge is 0.212 e. The zero-order chi connectivity index (χ0) is 25.4. The molecule has 0 saturated carbocycles. The highest BCUT2D eigenvalue weighted by Crippen LogP contribution is 2.28. The second-order valence-electron chi connectivity index (χ2n) is 7.65. The third-order valence-electron chi connectivity index (χ3n) is 5.18. The van der Waals surface area contributed by atoms with E-state index in [1.54, 1.807) is 33.3 Å². The second-order valence-corrected chi connectivity index (χ2v) is 9.97. The predicted molar refractivity (Wildman–Crippen MR) is 135 cm³/mol. The van der Waals surface area contributed by atoms with Gasteiger partial charge in [0.25, 0.3) is 0 Å². The summed E-state index contributed by atoms with van der Waals surface area (Å²) in [4.78, 5) is 10.5. The number of fused-ring (bicyclic) bond motifs is 2. The van der Waals surface area contributed by atoms with Crippen molar-refractivity contribution in [1.29, 1.82) is 0 Å². The molecule has 4 aromatic heterocycles. The van der Waals surface area contributed by atoms with Crippen LogP contribution in [-0.2, 0) is 0 Å². The van der Waals surface area contributed by atoms with Gasteiger partial charge in [-0.2, -0.15) is 10.2 Å². The molecule has 0 aliphatic rings. The van der Waals surface area contributed by atoms with E-state index in [9.17, 15) is 8.78 Å². The number of hydrogen-bond donors (Lipinski definition) is 0. The number of halogens is 2. The van der Waals surface area contributed by atoms with Crippen molar-refractivity contribution in [2.75, 3.05) is 14.2 Å². The first-order chi connectivity index (χ1) is 17.3. The van der Waals surface area contributed by atoms with Crippen molar-refractivity contribution < 1.29 is 18.3 Å². The second kappa shape index (κ2) is 9.63. The summed E-state index contributed by atoms with van der Waals surface area (Å²) >= 11 is 3.03. The Bertz CT molecular complexity index is 1500. The first-order valence-electron chi connectivity index (χ1n) is 10.7. The molecule has 0 saturated heterocycles. The molecule has 0 N–H and O–H groups in total. The Morgan fingerprint density at radius 3 is 1.47 bits per heavy atom. The largest absolute Gasteiger partial charge is 0.494 e. The minimum atomic E-state index is -0.378. The quantitative estimate of drug-likeness (QED) is 0.288. The van der Waals surface area contributed by atoms with E-state index in [1.165, 1.54) is 49.0 Å². The third kappa shape index (κ3) is 4.64. The van der Waals surface area contributed by atoms with Crippen LogP contribution >= 0.6 is 22.7 Å². The number of ether oxygens (including phenoxy) is 2. The van der Waals surface area contributed by atoms with Crippen LogP contribution in [0, 0.1) is 25.5 Å². The minimum absolute atomic E-state index is 0.216. The Hall–Kier alpha value is -3.90. The van der Waals surface area contributed by atoms with Crippen molar-refractivity contribution in [2.24, 2.45) is 0 Å². The van der Waals surface area contributed by atoms with Gasteiger partial charge in [0.1, 0.15) is 10.0 Å². The van der Waals surface area contributed by atoms with E-state index in [0.717, 1.165) is 42.5 Å². The molecule has 4 heterocycles. The molecule has 0 unspecified atom stereocenters. The van der Waals surface area contributed by atoms with E-state index in [0.29, 0.717) is 0 Å². The molecule has 2 aromatic carbocycles. The van der Waals surface area contributed by atoms with E-state index in [2.05, 4.69) is 20.2 Å². The number of benzene rings is 2. The standard InChI is InChI=1S/2C12H10FN3OS/c2*1-7-15-16-6-10(14-12(16)18-7)8-3-4-9(13)11(5-8)17-2/h2*3-6H,1-2H3. The lowest BCUT2D eigenvalue weighted by Crippen LogP contribution is -1.88. The molecular formula is C24H20F2N6O2S2. The molecule has 6 aromatic rings. The van der Waals surface area contributed by atoms with Gasteiger partial charge in [0.15, 0.2) is 23.1 Å². The van der Waals surface area contributed by atoms with Gasteiger partial charge in [-0.05, 0) is 50.2 Å². The van der Waals surface area contributed by atoms with Crippen molar-refractivity contribution in [1.82, 2.24) is 29.2 Å². The Labute approximate surface area is 212 Å². The lowest BCUT2D eigenvalue weighted by molar-refractivity contribution is 0.387. The lowest BCUT2D eigenvalue weighted by atomic mass is 10.1. The summed E-state index contributed by atoms with van der Waals surface area (Å²) in [5, 5.41) is 10.5. The van der Waals surface area contributed by atoms with Crippen molar-refractivity contribution in [3.8, 4) is 34.0 Å². The molecule has 0 spiro atoms. The van der Waals surface area contributed by atoms with E-state index in [-0.39, 0.29) is 23.1 Å². The molecule has 8 nitrogen and oxygen atoms in total. The molecule has 12 heteroatoms. The van der Waals surface area contributed by atoms with Crippen LogP contribution in [0.1, 0.15) is 10.0 Å². The molecular weight excluding hydrogens is 506 g/mol. The summed E-state index contributed by atoms with van der Waals surface area (Å²) in [6, 6.07) is 9.37. The van der Waals surface area contributed by atoms with Crippen molar-refractivity contribution in [3.05, 3.63) is 70.4 Å². The number of aryl methyl sites for hydroxylation is 2. The van der Waals surface area contributed by atoms with Crippen LogP contribution < -0.4 is 9.47 Å². The maximum atomic E-state index is 13.3. The van der Waals surface area contributed by atoms with Crippen LogP contribution in [0.2, 0.25) is 0 Å². The topological polar surface area (TPSA) is 78.8 Å². The zero-order valence-electron chi connectivity index (χ0n) is 19.7. The van der Waals surface area contributed by atoms with E-state index >= 15 is 0 Å². The molecule has 0 atom stereocenters. The fourth-order valence-corrected chi connectivity index (χ4v) is 4.96. The average Bonchev–Trinajstić information content (AvgIpc) is 3.59. The maximum Gasteiger partial charge on any atom is 0.212 e. The van der Waals surface area contributed by atoms with Gasteiger partial charge in [-0.25, -0.2) is 27.8 Å². The van der Waals surface area contributed by atoms with Gasteiger partial charge in [0, 0.05) is 11.1 Å². The van der Waals surface area contributed by atoms with Crippen LogP contribution in [0.4, 0.5) is 8.78 Å². The van der Waals surface area contributed by atoms with Crippen molar-refractivity contribution >= 4 is 32.6 Å². The summed E-state index contributed by atoms with van der Waals surface area (Å²) in [7, 11) is 2.89. The fraction of sp³-hybridized carbons (Fsp3) is 0.167. The predicted octanol–water partition coefficient (Wildman–Crippen LogP) is 5.83. The van der Waals surface area contributed by atoms with Crippen LogP contribution in [0.3, 0.4) is 0 Å². The Morgan fingerprint density at radius 1 is 0.694 bits per heavy atom. The fourth-order valence-electron chi connectivity index (χ4n) is 3.52. The average molecular weight is 527 g/mol. The van der Waals surface area contributed by atoms with Gasteiger partial charge in [-0.15, -0.1) is 0 Å². The Balaban J connectivity index is 0.000000148. The van der Waals surface area contributed by atoms with E-state index < -0.39 is 0 Å². The van der Waals surface area contributed by atoms with Crippen LogP contribution in [0.5, 0.6) is 11.5 Å². The molecule has 0 fully saturated rings. The highest BCUT2D eigenvalue weighted by Gasteiger charge is 2.12. The van der Waals surface area contributed by atoms with Crippen molar-refractivity contribution in [2.45, 2.75) is 13.8 Å². The van der Waals surface area contributed by atoms with Gasteiger partial charge in [-0.1, -0.05) is 22.7 Å². The molecule has 184 valence electrons. The number of hydrogen-bond acceptors (Lipinski definition) is 8. The Kier molecular flexibility index (Phi) is 6.37. The Morgan fingerprint density at radius 2 is 1.11 bits per heavy atom. The summed E-state index contributed by atoms with van der Waals surface area (Å²) in [6.45, 7) is 3.86. The highest BCUT2D eigenvalue weighted by molar-refractivity contribution is 7.16. The molecule has 0 aliphatic carbocycles. The number of nitrogens with zero attached hydrogens (tertiary/aromatic N) is 6. The van der Waals surface area contributed by atoms with Crippen LogP contribution in [-0.4, -0.2) is 43.4 Å². The molecule has 0 amide bonds. The van der Waals surface area contributed by atoms with Crippen LogP contribution in [0.15, 0.2) is 48.8 Å². The monoisotopic (exact) mass is 526 g/mol. The number of aromatic nitrogens is 6. The highest BCUT2D eigenvalue weighted by atomic mass is 32.1. The first-order valence-corrected chi connectivity index (χ1v) is 12.3. The molecule has 6 rings (SSSR count). The van der Waals surface area contributed by atoms with E-state index in [4.69, 9.17) is 9.47 Å². The number of rotatable bonds is 4. The van der Waals surface area contributed by atoms with E-state index in [1.807, 2.05) is 26.2 Å². The summed E-state index contributed by atoms with van der Waals surface area (Å²) in [5.74, 6) is -0.325. The SMILES string of the molecule is COc1cc(-c2cn3nc(C)sc3n2)ccc1F.COc1cc(-c2cn3nc(C)sc3n2)ccc1F. The summed E-state index contributed by atoms with van der Waals surface area (Å²) < 4.78 is 40.0. The van der Waals surface area contributed by atoms with Gasteiger partial charge in [-0.3, -0.25) is 0 Å². The van der Waals surface area contributed by atoms with Gasteiger partial charge in [0.05, 0.1) is 38.0 Å². The number of methoxy groups -OCH3 is 2. The normalized spacial score (nSPS) is 11.1. The van der Waals surface area contributed by atoms with Crippen molar-refractivity contribution in [3.63, 3.8) is 0 Å². The first kappa shape index (κ1) is 23.8. The summed E-state index contributed by atoms with van der Waals surface area (Å²) in [5.41, 5.74) is 3.13. The minimum Gasteiger partial charge on any atom is -0.494 e. The van der Waals surface area contributed by atoms with Gasteiger partial charge in [0.2, 0.25) is 9.92 Å². The van der Waals surface area contributed by atoms with Gasteiger partial charge >= 0.3 is 0 Å². The molecule has 36 heavy (non-hydrogen) atoms. The van der Waals surface area contributed by atoms with Crippen LogP contribution in [0.25, 0.3) is 32.4 Å². The van der Waals surface area contributed by atoms with Gasteiger partial charge < -0.3 is 9.47 Å². The maximum absolute atomic E-state index is 13.3. The molecule has 0 radical (unpaired) electrons.